The standard InChI is InChI=1S/C35H40N4O4/c1-8-22-20(6)28-17-32-23(9-2)19(5)27(37-32)16-29-21(7)24(11-12-34(42)43-10-3)35(39-29)25(14-33(40)41)30-13-18(4)26(36-30)15-31(22)38-28/h9,13,15-17,21,24,37-38H,2,8,10-12,14H2,1,3-7H3,(H,40,41). The monoisotopic (exact) mass is 580 g/mol. The summed E-state index contributed by atoms with van der Waals surface area (Å²) in [6.45, 7) is 16.6. The van der Waals surface area contributed by atoms with Gasteiger partial charge in [0, 0.05) is 57.1 Å². The van der Waals surface area contributed by atoms with Crippen molar-refractivity contribution in [3.8, 4) is 0 Å². The molecule has 0 saturated carbocycles. The van der Waals surface area contributed by atoms with E-state index in [1.165, 1.54) is 11.1 Å². The molecular weight excluding hydrogens is 540 g/mol. The second-order valence-electron chi connectivity index (χ2n) is 11.5. The molecule has 3 N–H and O–H groups in total. The van der Waals surface area contributed by atoms with Crippen LogP contribution in [0.2, 0.25) is 0 Å². The lowest BCUT2D eigenvalue weighted by Crippen LogP contribution is -2.12. The molecule has 0 amide bonds. The molecule has 3 aromatic heterocycles. The van der Waals surface area contributed by atoms with Crippen molar-refractivity contribution < 1.29 is 19.4 Å². The lowest BCUT2D eigenvalue weighted by molar-refractivity contribution is -0.143. The van der Waals surface area contributed by atoms with Crippen LogP contribution in [-0.2, 0) is 27.2 Å². The molecule has 2 atom stereocenters. The summed E-state index contributed by atoms with van der Waals surface area (Å²) in [7, 11) is 0. The number of carbonyl (C=O) groups is 2. The fourth-order valence-corrected chi connectivity index (χ4v) is 6.41. The summed E-state index contributed by atoms with van der Waals surface area (Å²) >= 11 is 0. The molecule has 0 saturated heterocycles. The molecule has 2 unspecified atom stereocenters. The van der Waals surface area contributed by atoms with E-state index in [-0.39, 0.29) is 30.6 Å². The molecule has 8 bridgehead atoms. The van der Waals surface area contributed by atoms with Gasteiger partial charge in [0.05, 0.1) is 30.1 Å². The number of H-pyrrole nitrogens is 2. The SMILES string of the molecule is C=Cc1c(C)c2cc3nc(c(CC(=O)O)c4nc(cc5[nH]c(cc1[nH]2)c(C)c5CC)C(C)=C4)C(CCC(=O)OCC)C3C. The molecule has 8 heteroatoms. The number of fused-ring (bicyclic) bond motifs is 8. The number of aromatic amines is 2. The minimum Gasteiger partial charge on any atom is -0.481 e. The van der Waals surface area contributed by atoms with E-state index in [2.05, 4.69) is 56.4 Å². The lowest BCUT2D eigenvalue weighted by atomic mass is 9.85. The van der Waals surface area contributed by atoms with E-state index in [9.17, 15) is 14.7 Å². The van der Waals surface area contributed by atoms with E-state index < -0.39 is 5.97 Å². The zero-order valence-electron chi connectivity index (χ0n) is 25.9. The molecule has 3 aromatic rings. The quantitative estimate of drug-likeness (QED) is 0.237. The molecule has 0 aliphatic carbocycles. The summed E-state index contributed by atoms with van der Waals surface area (Å²) in [5, 5.41) is 10.0. The minimum absolute atomic E-state index is 0.0618. The molecule has 2 aliphatic rings. The Labute approximate surface area is 252 Å². The number of carboxylic acids is 1. The highest BCUT2D eigenvalue weighted by molar-refractivity contribution is 5.87. The first-order chi connectivity index (χ1) is 20.6. The molecule has 8 nitrogen and oxygen atoms in total. The summed E-state index contributed by atoms with van der Waals surface area (Å²) < 4.78 is 5.22. The van der Waals surface area contributed by atoms with Crippen molar-refractivity contribution in [1.82, 2.24) is 19.9 Å². The Bertz CT molecular complexity index is 1820. The number of hydrogen-bond donors (Lipinski definition) is 3. The van der Waals surface area contributed by atoms with Crippen molar-refractivity contribution in [2.24, 2.45) is 0 Å². The van der Waals surface area contributed by atoms with E-state index in [1.54, 1.807) is 6.92 Å². The number of nitrogens with zero attached hydrogens (tertiary/aromatic N) is 2. The molecule has 0 aromatic carbocycles. The van der Waals surface area contributed by atoms with Gasteiger partial charge in [-0.1, -0.05) is 26.5 Å². The smallest absolute Gasteiger partial charge is 0.307 e. The highest BCUT2D eigenvalue weighted by atomic mass is 16.5. The second kappa shape index (κ2) is 12.0. The first-order valence-electron chi connectivity index (χ1n) is 15.0. The predicted molar refractivity (Wildman–Crippen MR) is 172 cm³/mol. The third-order valence-corrected chi connectivity index (χ3v) is 8.82. The maximum Gasteiger partial charge on any atom is 0.307 e. The van der Waals surface area contributed by atoms with E-state index in [1.807, 2.05) is 25.1 Å². The van der Waals surface area contributed by atoms with Gasteiger partial charge in [-0.15, -0.1) is 0 Å². The van der Waals surface area contributed by atoms with Crippen molar-refractivity contribution in [1.29, 1.82) is 0 Å². The highest BCUT2D eigenvalue weighted by Gasteiger charge is 2.33. The van der Waals surface area contributed by atoms with Crippen LogP contribution in [0, 0.1) is 13.8 Å². The fraction of sp³-hybridized carbons (Fsp3) is 0.371. The number of aromatic nitrogens is 4. The van der Waals surface area contributed by atoms with Crippen molar-refractivity contribution in [2.45, 2.75) is 79.1 Å². The van der Waals surface area contributed by atoms with Gasteiger partial charge < -0.3 is 19.8 Å². The molecule has 224 valence electrons. The first kappa shape index (κ1) is 30.0. The molecule has 43 heavy (non-hydrogen) atoms. The van der Waals surface area contributed by atoms with Gasteiger partial charge in [-0.3, -0.25) is 14.6 Å². The third-order valence-electron chi connectivity index (χ3n) is 8.82. The van der Waals surface area contributed by atoms with Gasteiger partial charge in [-0.05, 0) is 87.1 Å². The van der Waals surface area contributed by atoms with Crippen LogP contribution in [0.25, 0.3) is 39.8 Å². The van der Waals surface area contributed by atoms with Crippen LogP contribution in [0.15, 0.2) is 24.8 Å². The van der Waals surface area contributed by atoms with Gasteiger partial charge >= 0.3 is 11.9 Å². The molecule has 0 spiro atoms. The van der Waals surface area contributed by atoms with Crippen LogP contribution in [0.5, 0.6) is 0 Å². The average Bonchev–Trinajstić information content (AvgIpc) is 3.65. The summed E-state index contributed by atoms with van der Waals surface area (Å²) in [5.74, 6) is -1.47. The maximum atomic E-state index is 12.4. The number of rotatable bonds is 8. The Hall–Kier alpha value is -4.46. The largest absolute Gasteiger partial charge is 0.481 e. The third kappa shape index (κ3) is 5.66. The van der Waals surface area contributed by atoms with Crippen LogP contribution in [0.1, 0.15) is 103 Å². The molecule has 2 aliphatic heterocycles. The van der Waals surface area contributed by atoms with Gasteiger partial charge in [-0.25, -0.2) is 4.98 Å². The number of carbonyl (C=O) groups excluding carboxylic acids is 1. The molecular formula is C35H40N4O4. The zero-order valence-corrected chi connectivity index (χ0v) is 25.9. The van der Waals surface area contributed by atoms with Gasteiger partial charge in [0.2, 0.25) is 0 Å². The zero-order chi connectivity index (χ0) is 31.0. The number of esters is 1. The van der Waals surface area contributed by atoms with E-state index >= 15 is 0 Å². The topological polar surface area (TPSA) is 121 Å². The lowest BCUT2D eigenvalue weighted by Gasteiger charge is -2.17. The Morgan fingerprint density at radius 1 is 1.00 bits per heavy atom. The van der Waals surface area contributed by atoms with Crippen LogP contribution in [-0.4, -0.2) is 43.6 Å². The number of aryl methyl sites for hydroxylation is 3. The molecule has 5 heterocycles. The van der Waals surface area contributed by atoms with Crippen molar-refractivity contribution in [2.75, 3.05) is 6.61 Å². The van der Waals surface area contributed by atoms with Crippen molar-refractivity contribution in [3.05, 3.63) is 75.4 Å². The number of nitrogens with one attached hydrogen (secondary N) is 2. The van der Waals surface area contributed by atoms with Crippen molar-refractivity contribution in [3.63, 3.8) is 0 Å². The summed E-state index contributed by atoms with van der Waals surface area (Å²) in [4.78, 5) is 41.9. The van der Waals surface area contributed by atoms with Crippen molar-refractivity contribution >= 4 is 51.7 Å². The molecule has 0 radical (unpaired) electrons. The Balaban J connectivity index is 1.91. The normalized spacial score (nSPS) is 16.2. The fourth-order valence-electron chi connectivity index (χ4n) is 6.41. The van der Waals surface area contributed by atoms with E-state index in [0.717, 1.165) is 56.6 Å². The van der Waals surface area contributed by atoms with Gasteiger partial charge in [-0.2, -0.15) is 0 Å². The van der Waals surface area contributed by atoms with E-state index in [4.69, 9.17) is 14.7 Å². The second-order valence-corrected chi connectivity index (χ2v) is 11.5. The maximum absolute atomic E-state index is 12.4. The summed E-state index contributed by atoms with van der Waals surface area (Å²) in [6.07, 6.45) is 5.15. The van der Waals surface area contributed by atoms with E-state index in [0.29, 0.717) is 30.0 Å². The predicted octanol–water partition coefficient (Wildman–Crippen LogP) is 7.56. The number of allylic oxidation sites excluding steroid dienone is 1. The van der Waals surface area contributed by atoms with Crippen LogP contribution in [0.4, 0.5) is 0 Å². The summed E-state index contributed by atoms with van der Waals surface area (Å²) in [6, 6.07) is 6.23. The van der Waals surface area contributed by atoms with Crippen LogP contribution in [0.3, 0.4) is 0 Å². The van der Waals surface area contributed by atoms with Crippen LogP contribution >= 0.6 is 0 Å². The van der Waals surface area contributed by atoms with Gasteiger partial charge in [0.25, 0.3) is 0 Å². The number of hydrogen-bond acceptors (Lipinski definition) is 5. The molecule has 5 rings (SSSR count). The number of aliphatic carboxylic acids is 1. The number of carboxylic acid groups (broad SMARTS) is 1. The van der Waals surface area contributed by atoms with Crippen LogP contribution < -0.4 is 0 Å². The minimum atomic E-state index is -0.957. The summed E-state index contributed by atoms with van der Waals surface area (Å²) in [5.41, 5.74) is 12.7. The Kier molecular flexibility index (Phi) is 8.40. The van der Waals surface area contributed by atoms with Gasteiger partial charge in [0.1, 0.15) is 0 Å². The molecule has 0 fully saturated rings. The average molecular weight is 581 g/mol. The Morgan fingerprint density at radius 2 is 1.72 bits per heavy atom. The highest BCUT2D eigenvalue weighted by Crippen LogP contribution is 2.42. The Morgan fingerprint density at radius 3 is 2.40 bits per heavy atom. The first-order valence-corrected chi connectivity index (χ1v) is 15.0. The number of ether oxygens (including phenoxy) is 1. The van der Waals surface area contributed by atoms with Gasteiger partial charge in [0.15, 0.2) is 0 Å².